The number of nitrogens with zero attached hydrogens (tertiary/aromatic N) is 4. The number of terminal acetylenes is 1. The molecule has 0 spiro atoms. The van der Waals surface area contributed by atoms with Gasteiger partial charge in [0.25, 0.3) is 11.4 Å². The van der Waals surface area contributed by atoms with E-state index in [4.69, 9.17) is 15.9 Å². The average molecular weight is 452 g/mol. The molecule has 0 aliphatic carbocycles. The van der Waals surface area contributed by atoms with Crippen LogP contribution < -0.4 is 9.47 Å². The van der Waals surface area contributed by atoms with Gasteiger partial charge in [0.15, 0.2) is 0 Å². The molecule has 1 heterocycles. The van der Waals surface area contributed by atoms with Crippen molar-refractivity contribution in [1.29, 1.82) is 0 Å². The van der Waals surface area contributed by atoms with Crippen molar-refractivity contribution in [2.75, 3.05) is 19.8 Å². The predicted molar refractivity (Wildman–Crippen MR) is 123 cm³/mol. The van der Waals surface area contributed by atoms with E-state index in [9.17, 15) is 20.2 Å². The SMILES string of the molecule is C#CCOc1ccc([N+](=O)[O-])c(CC)c1.CCc1cc(OCC2=CCN=N2)ccc1[N+](=O)[O-]. The first-order valence-electron chi connectivity index (χ1n) is 10.2. The summed E-state index contributed by atoms with van der Waals surface area (Å²) in [5.74, 6) is 3.51. The number of hydrogen-bond donors (Lipinski definition) is 0. The van der Waals surface area contributed by atoms with Gasteiger partial charge in [0, 0.05) is 23.3 Å². The van der Waals surface area contributed by atoms with Gasteiger partial charge in [-0.2, -0.15) is 10.2 Å². The number of azo groups is 1. The Hall–Kier alpha value is -4.26. The van der Waals surface area contributed by atoms with Gasteiger partial charge in [0.2, 0.25) is 0 Å². The molecule has 0 N–H and O–H groups in total. The highest BCUT2D eigenvalue weighted by Gasteiger charge is 2.14. The fraction of sp³-hybridized carbons (Fsp3) is 0.304. The van der Waals surface area contributed by atoms with E-state index < -0.39 is 4.92 Å². The standard InChI is InChI=1S/C12H13N3O3.C11H11NO3/c1-2-9-7-11(3-4-12(9)15(16)17)18-8-10-5-6-13-14-10;1-3-7-15-10-5-6-11(12(13)14)9(4-2)8-10/h3-5,7H,2,6,8H2,1H3;1,5-6,8H,4,7H2,2H3. The fourth-order valence-corrected chi connectivity index (χ4v) is 2.91. The number of nitro benzene ring substituents is 2. The molecule has 0 saturated heterocycles. The summed E-state index contributed by atoms with van der Waals surface area (Å²) in [5.41, 5.74) is 2.34. The van der Waals surface area contributed by atoms with Crippen LogP contribution in [0.3, 0.4) is 0 Å². The lowest BCUT2D eigenvalue weighted by atomic mass is 10.1. The molecule has 33 heavy (non-hydrogen) atoms. The second-order valence-corrected chi connectivity index (χ2v) is 6.70. The summed E-state index contributed by atoms with van der Waals surface area (Å²) >= 11 is 0. The van der Waals surface area contributed by atoms with E-state index in [0.29, 0.717) is 48.6 Å². The fourth-order valence-electron chi connectivity index (χ4n) is 2.91. The van der Waals surface area contributed by atoms with Gasteiger partial charge in [-0.1, -0.05) is 19.8 Å². The molecule has 0 amide bonds. The van der Waals surface area contributed by atoms with E-state index in [2.05, 4.69) is 16.1 Å². The van der Waals surface area contributed by atoms with Crippen molar-refractivity contribution in [2.45, 2.75) is 26.7 Å². The zero-order valence-corrected chi connectivity index (χ0v) is 18.4. The number of rotatable bonds is 9. The summed E-state index contributed by atoms with van der Waals surface area (Å²) in [7, 11) is 0. The van der Waals surface area contributed by atoms with Gasteiger partial charge in [-0.25, -0.2) is 0 Å². The van der Waals surface area contributed by atoms with Crippen LogP contribution in [0.25, 0.3) is 0 Å². The number of benzene rings is 2. The van der Waals surface area contributed by atoms with Gasteiger partial charge in [0.1, 0.15) is 24.7 Å². The van der Waals surface area contributed by atoms with Crippen LogP contribution in [0, 0.1) is 32.6 Å². The molecular weight excluding hydrogens is 428 g/mol. The van der Waals surface area contributed by atoms with E-state index in [-0.39, 0.29) is 22.9 Å². The molecule has 2 aromatic rings. The Balaban J connectivity index is 0.000000238. The zero-order chi connectivity index (χ0) is 24.2. The van der Waals surface area contributed by atoms with Crippen LogP contribution >= 0.6 is 0 Å². The minimum Gasteiger partial charge on any atom is -0.487 e. The van der Waals surface area contributed by atoms with Crippen LogP contribution in [-0.4, -0.2) is 29.6 Å². The first-order valence-corrected chi connectivity index (χ1v) is 10.2. The third-order valence-corrected chi connectivity index (χ3v) is 4.57. The van der Waals surface area contributed by atoms with Crippen LogP contribution in [-0.2, 0) is 12.8 Å². The van der Waals surface area contributed by atoms with Gasteiger partial charge in [0.05, 0.1) is 22.1 Å². The van der Waals surface area contributed by atoms with Crippen LogP contribution in [0.15, 0.2) is 58.4 Å². The number of ether oxygens (including phenoxy) is 2. The van der Waals surface area contributed by atoms with E-state index in [0.717, 1.165) is 5.70 Å². The van der Waals surface area contributed by atoms with Crippen LogP contribution in [0.2, 0.25) is 0 Å². The van der Waals surface area contributed by atoms with Crippen molar-refractivity contribution in [1.82, 2.24) is 0 Å². The third kappa shape index (κ3) is 7.43. The van der Waals surface area contributed by atoms with Crippen molar-refractivity contribution < 1.29 is 19.3 Å². The number of aryl methyl sites for hydroxylation is 2. The maximum Gasteiger partial charge on any atom is 0.272 e. The van der Waals surface area contributed by atoms with Crippen LogP contribution in [0.5, 0.6) is 11.5 Å². The molecule has 1 aliphatic heterocycles. The third-order valence-electron chi connectivity index (χ3n) is 4.57. The highest BCUT2D eigenvalue weighted by atomic mass is 16.6. The Bertz CT molecular complexity index is 1100. The van der Waals surface area contributed by atoms with Gasteiger partial charge >= 0.3 is 0 Å². The summed E-state index contributed by atoms with van der Waals surface area (Å²) < 4.78 is 10.7. The molecule has 0 fully saturated rings. The molecular formula is C23H24N4O6. The topological polar surface area (TPSA) is 129 Å². The lowest BCUT2D eigenvalue weighted by Gasteiger charge is -2.07. The quantitative estimate of drug-likeness (QED) is 0.297. The maximum absolute atomic E-state index is 10.8. The molecule has 1 aliphatic rings. The molecule has 0 bridgehead atoms. The van der Waals surface area contributed by atoms with Crippen molar-refractivity contribution >= 4 is 11.4 Å². The van der Waals surface area contributed by atoms with Crippen molar-refractivity contribution in [2.24, 2.45) is 10.2 Å². The molecule has 0 aromatic heterocycles. The number of nitro groups is 2. The second kappa shape index (κ2) is 12.6. The van der Waals surface area contributed by atoms with E-state index >= 15 is 0 Å². The minimum absolute atomic E-state index is 0.116. The first-order chi connectivity index (χ1) is 15.9. The summed E-state index contributed by atoms with van der Waals surface area (Å²) in [5, 5.41) is 29.1. The smallest absolute Gasteiger partial charge is 0.272 e. The summed E-state index contributed by atoms with van der Waals surface area (Å²) in [4.78, 5) is 20.6. The van der Waals surface area contributed by atoms with Crippen molar-refractivity contribution in [3.8, 4) is 23.8 Å². The summed E-state index contributed by atoms with van der Waals surface area (Å²) in [6, 6.07) is 9.40. The normalized spacial score (nSPS) is 11.6. The van der Waals surface area contributed by atoms with Gasteiger partial charge in [-0.3, -0.25) is 20.2 Å². The molecule has 0 atom stereocenters. The highest BCUT2D eigenvalue weighted by molar-refractivity contribution is 5.46. The van der Waals surface area contributed by atoms with Crippen LogP contribution in [0.1, 0.15) is 25.0 Å². The van der Waals surface area contributed by atoms with Crippen molar-refractivity contribution in [3.05, 3.63) is 79.5 Å². The summed E-state index contributed by atoms with van der Waals surface area (Å²) in [6.07, 6.45) is 8.10. The Morgan fingerprint density at radius 1 is 0.970 bits per heavy atom. The van der Waals surface area contributed by atoms with Crippen LogP contribution in [0.4, 0.5) is 11.4 Å². The van der Waals surface area contributed by atoms with Crippen molar-refractivity contribution in [3.63, 3.8) is 0 Å². The molecule has 0 unspecified atom stereocenters. The van der Waals surface area contributed by atoms with E-state index in [1.54, 1.807) is 24.3 Å². The average Bonchev–Trinajstić information content (AvgIpc) is 3.35. The largest absolute Gasteiger partial charge is 0.487 e. The first kappa shape index (κ1) is 25.0. The predicted octanol–water partition coefficient (Wildman–Crippen LogP) is 5.05. The Kier molecular flexibility index (Phi) is 9.52. The molecule has 3 rings (SSSR count). The number of hydrogen-bond acceptors (Lipinski definition) is 8. The lowest BCUT2D eigenvalue weighted by molar-refractivity contribution is -0.385. The second-order valence-electron chi connectivity index (χ2n) is 6.70. The molecule has 10 heteroatoms. The van der Waals surface area contributed by atoms with Gasteiger partial charge < -0.3 is 9.47 Å². The monoisotopic (exact) mass is 452 g/mol. The Morgan fingerprint density at radius 2 is 1.52 bits per heavy atom. The summed E-state index contributed by atoms with van der Waals surface area (Å²) in [6.45, 7) is 4.83. The molecule has 10 nitrogen and oxygen atoms in total. The van der Waals surface area contributed by atoms with E-state index in [1.165, 1.54) is 12.1 Å². The highest BCUT2D eigenvalue weighted by Crippen LogP contribution is 2.25. The zero-order valence-electron chi connectivity index (χ0n) is 18.4. The van der Waals surface area contributed by atoms with E-state index in [1.807, 2.05) is 19.9 Å². The molecule has 172 valence electrons. The molecule has 2 aromatic carbocycles. The molecule has 0 saturated carbocycles. The Morgan fingerprint density at radius 3 is 1.94 bits per heavy atom. The van der Waals surface area contributed by atoms with Gasteiger partial charge in [-0.15, -0.1) is 6.42 Å². The lowest BCUT2D eigenvalue weighted by Crippen LogP contribution is -2.00. The maximum atomic E-state index is 10.8. The molecule has 0 radical (unpaired) electrons. The van der Waals surface area contributed by atoms with Gasteiger partial charge in [-0.05, 0) is 43.2 Å². The Labute approximate surface area is 191 Å². The minimum atomic E-state index is -0.399.